The van der Waals surface area contributed by atoms with Gasteiger partial charge in [-0.15, -0.1) is 0 Å². The van der Waals surface area contributed by atoms with Crippen molar-refractivity contribution in [1.29, 1.82) is 0 Å². The van der Waals surface area contributed by atoms with E-state index in [4.69, 9.17) is 0 Å². The normalized spacial score (nSPS) is 16.3. The van der Waals surface area contributed by atoms with E-state index in [0.29, 0.717) is 6.54 Å². The fourth-order valence-corrected chi connectivity index (χ4v) is 1.59. The smallest absolute Gasteiger partial charge is 0.318 e. The van der Waals surface area contributed by atoms with Crippen LogP contribution in [0.15, 0.2) is 30.3 Å². The van der Waals surface area contributed by atoms with Crippen LogP contribution >= 0.6 is 0 Å². The second kappa shape index (κ2) is 3.73. The van der Waals surface area contributed by atoms with Gasteiger partial charge in [-0.3, -0.25) is 9.69 Å². The summed E-state index contributed by atoms with van der Waals surface area (Å²) >= 11 is 0. The maximum atomic E-state index is 11.6. The minimum absolute atomic E-state index is 0.133. The van der Waals surface area contributed by atoms with Crippen molar-refractivity contribution in [2.75, 3.05) is 13.6 Å². The first-order chi connectivity index (χ1) is 7.18. The van der Waals surface area contributed by atoms with Gasteiger partial charge in [-0.25, -0.2) is 4.79 Å². The summed E-state index contributed by atoms with van der Waals surface area (Å²) in [6, 6.07) is 9.28. The first kappa shape index (κ1) is 9.71. The number of rotatable bonds is 2. The van der Waals surface area contributed by atoms with Gasteiger partial charge in [-0.05, 0) is 5.56 Å². The predicted molar refractivity (Wildman–Crippen MR) is 55.0 cm³/mol. The number of benzene rings is 1. The Labute approximate surface area is 88.1 Å². The standard InChI is InChI=1S/C11H12N2O2/c1-12-8-10(14)13(11(12)15)7-9-5-3-2-4-6-9/h2-6H,7-8H2,1H3. The van der Waals surface area contributed by atoms with Crippen LogP contribution in [0, 0.1) is 0 Å². The van der Waals surface area contributed by atoms with Crippen molar-refractivity contribution in [2.24, 2.45) is 0 Å². The highest BCUT2D eigenvalue weighted by Gasteiger charge is 2.33. The van der Waals surface area contributed by atoms with E-state index < -0.39 is 0 Å². The van der Waals surface area contributed by atoms with Crippen LogP contribution in [0.25, 0.3) is 0 Å². The molecule has 0 spiro atoms. The third-order valence-corrected chi connectivity index (χ3v) is 2.41. The molecule has 0 atom stereocenters. The molecule has 3 amide bonds. The third-order valence-electron chi connectivity index (χ3n) is 2.41. The number of amides is 3. The quantitative estimate of drug-likeness (QED) is 0.676. The Kier molecular flexibility index (Phi) is 2.41. The lowest BCUT2D eigenvalue weighted by Gasteiger charge is -2.13. The molecule has 1 fully saturated rings. The molecule has 1 aromatic rings. The minimum Gasteiger partial charge on any atom is -0.318 e. The molecule has 2 rings (SSSR count). The second-order valence-corrected chi connectivity index (χ2v) is 3.60. The van der Waals surface area contributed by atoms with E-state index in [0.717, 1.165) is 5.56 Å². The van der Waals surface area contributed by atoms with E-state index in [1.165, 1.54) is 9.80 Å². The number of likely N-dealkylation sites (N-methyl/N-ethyl adjacent to an activating group) is 1. The van der Waals surface area contributed by atoms with E-state index >= 15 is 0 Å². The molecule has 1 saturated heterocycles. The summed E-state index contributed by atoms with van der Waals surface area (Å²) in [7, 11) is 1.63. The lowest BCUT2D eigenvalue weighted by Crippen LogP contribution is -2.30. The molecule has 0 saturated carbocycles. The first-order valence-corrected chi connectivity index (χ1v) is 4.78. The molecule has 0 unspecified atom stereocenters. The summed E-state index contributed by atoms with van der Waals surface area (Å²) in [5.74, 6) is -0.133. The number of nitrogens with zero attached hydrogens (tertiary/aromatic N) is 2. The number of carbonyl (C=O) groups excluding carboxylic acids is 2. The molecule has 4 nitrogen and oxygen atoms in total. The SMILES string of the molecule is CN1CC(=O)N(Cc2ccccc2)C1=O. The van der Waals surface area contributed by atoms with Crippen molar-refractivity contribution in [1.82, 2.24) is 9.80 Å². The van der Waals surface area contributed by atoms with Crippen LogP contribution in [0.1, 0.15) is 5.56 Å². The van der Waals surface area contributed by atoms with Crippen LogP contribution in [0.5, 0.6) is 0 Å². The lowest BCUT2D eigenvalue weighted by atomic mass is 10.2. The van der Waals surface area contributed by atoms with Gasteiger partial charge in [0, 0.05) is 7.05 Å². The Balaban J connectivity index is 2.13. The molecule has 0 aromatic heterocycles. The van der Waals surface area contributed by atoms with E-state index in [2.05, 4.69) is 0 Å². The Bertz CT molecular complexity index is 389. The summed E-state index contributed by atoms with van der Waals surface area (Å²) in [5, 5.41) is 0. The zero-order chi connectivity index (χ0) is 10.8. The summed E-state index contributed by atoms with van der Waals surface area (Å²) in [5.41, 5.74) is 0.967. The van der Waals surface area contributed by atoms with Crippen molar-refractivity contribution in [3.05, 3.63) is 35.9 Å². The molecule has 0 N–H and O–H groups in total. The van der Waals surface area contributed by atoms with Gasteiger partial charge in [0.25, 0.3) is 5.91 Å². The van der Waals surface area contributed by atoms with Gasteiger partial charge in [0.15, 0.2) is 0 Å². The van der Waals surface area contributed by atoms with E-state index in [1.54, 1.807) is 7.05 Å². The fraction of sp³-hybridized carbons (Fsp3) is 0.273. The van der Waals surface area contributed by atoms with Crippen LogP contribution in [0.4, 0.5) is 4.79 Å². The van der Waals surface area contributed by atoms with Crippen LogP contribution in [0.3, 0.4) is 0 Å². The van der Waals surface area contributed by atoms with Crippen LogP contribution < -0.4 is 0 Å². The average Bonchev–Trinajstić information content (AvgIpc) is 2.47. The Morgan fingerprint density at radius 3 is 2.40 bits per heavy atom. The van der Waals surface area contributed by atoms with Gasteiger partial charge in [0.05, 0.1) is 6.54 Å². The number of imide groups is 1. The lowest BCUT2D eigenvalue weighted by molar-refractivity contribution is -0.125. The van der Waals surface area contributed by atoms with Gasteiger partial charge in [-0.2, -0.15) is 0 Å². The van der Waals surface area contributed by atoms with Gasteiger partial charge in [0.2, 0.25) is 0 Å². The summed E-state index contributed by atoms with van der Waals surface area (Å²) in [6.45, 7) is 0.550. The van der Waals surface area contributed by atoms with Crippen LogP contribution in [-0.2, 0) is 11.3 Å². The summed E-state index contributed by atoms with van der Waals surface area (Å²) in [4.78, 5) is 25.7. The molecule has 1 aromatic carbocycles. The van der Waals surface area contributed by atoms with Crippen molar-refractivity contribution in [2.45, 2.75) is 6.54 Å². The Hall–Kier alpha value is -1.84. The third kappa shape index (κ3) is 1.83. The molecule has 1 aliphatic rings. The summed E-state index contributed by atoms with van der Waals surface area (Å²) in [6.07, 6.45) is 0. The number of hydrogen-bond acceptors (Lipinski definition) is 2. The molecule has 15 heavy (non-hydrogen) atoms. The van der Waals surface area contributed by atoms with Gasteiger partial charge in [-0.1, -0.05) is 30.3 Å². The topological polar surface area (TPSA) is 40.6 Å². The van der Waals surface area contributed by atoms with Crippen LogP contribution in [0.2, 0.25) is 0 Å². The molecule has 1 aliphatic heterocycles. The average molecular weight is 204 g/mol. The van der Waals surface area contributed by atoms with Crippen molar-refractivity contribution < 1.29 is 9.59 Å². The number of urea groups is 1. The highest BCUT2D eigenvalue weighted by Crippen LogP contribution is 2.12. The minimum atomic E-state index is -0.219. The molecule has 0 radical (unpaired) electrons. The molecule has 1 heterocycles. The van der Waals surface area contributed by atoms with E-state index in [1.807, 2.05) is 30.3 Å². The zero-order valence-corrected chi connectivity index (χ0v) is 8.51. The fourth-order valence-electron chi connectivity index (χ4n) is 1.59. The molecule has 4 heteroatoms. The maximum absolute atomic E-state index is 11.6. The monoisotopic (exact) mass is 204 g/mol. The van der Waals surface area contributed by atoms with Crippen molar-refractivity contribution in [3.8, 4) is 0 Å². The van der Waals surface area contributed by atoms with Gasteiger partial charge >= 0.3 is 6.03 Å². The number of carbonyl (C=O) groups is 2. The van der Waals surface area contributed by atoms with Crippen molar-refractivity contribution >= 4 is 11.9 Å². The van der Waals surface area contributed by atoms with Crippen molar-refractivity contribution in [3.63, 3.8) is 0 Å². The predicted octanol–water partition coefficient (Wildman–Crippen LogP) is 1.08. The molecular formula is C11H12N2O2. The maximum Gasteiger partial charge on any atom is 0.327 e. The molecule has 0 aliphatic carbocycles. The largest absolute Gasteiger partial charge is 0.327 e. The van der Waals surface area contributed by atoms with Gasteiger partial charge in [0.1, 0.15) is 6.54 Å². The van der Waals surface area contributed by atoms with Gasteiger partial charge < -0.3 is 4.90 Å². The molecule has 78 valence electrons. The molecule has 0 bridgehead atoms. The highest BCUT2D eigenvalue weighted by molar-refractivity contribution is 6.01. The van der Waals surface area contributed by atoms with Crippen LogP contribution in [-0.4, -0.2) is 35.3 Å². The summed E-state index contributed by atoms with van der Waals surface area (Å²) < 4.78 is 0. The zero-order valence-electron chi connectivity index (χ0n) is 8.51. The van der Waals surface area contributed by atoms with E-state index in [9.17, 15) is 9.59 Å². The molecular weight excluding hydrogens is 192 g/mol. The Morgan fingerprint density at radius 1 is 1.20 bits per heavy atom. The Morgan fingerprint density at radius 2 is 1.87 bits per heavy atom. The van der Waals surface area contributed by atoms with E-state index in [-0.39, 0.29) is 18.5 Å². The first-order valence-electron chi connectivity index (χ1n) is 4.78. The second-order valence-electron chi connectivity index (χ2n) is 3.60. The highest BCUT2D eigenvalue weighted by atomic mass is 16.2. The number of hydrogen-bond donors (Lipinski definition) is 0.